The van der Waals surface area contributed by atoms with Crippen LogP contribution in [0.1, 0.15) is 32.8 Å². The van der Waals surface area contributed by atoms with Crippen molar-refractivity contribution in [3.63, 3.8) is 0 Å². The Hall–Kier alpha value is -2.71. The molecule has 0 aliphatic carbocycles. The molecule has 2 amide bonds. The second-order valence-corrected chi connectivity index (χ2v) is 10.2. The minimum absolute atomic E-state index is 0.0841. The van der Waals surface area contributed by atoms with Crippen molar-refractivity contribution in [3.05, 3.63) is 54.1 Å². The van der Waals surface area contributed by atoms with E-state index >= 15 is 0 Å². The highest BCUT2D eigenvalue weighted by molar-refractivity contribution is 7.89. The number of carbonyl (C=O) groups is 2. The zero-order valence-corrected chi connectivity index (χ0v) is 18.4. The Morgan fingerprint density at radius 1 is 1.07 bits per heavy atom. The lowest BCUT2D eigenvalue weighted by molar-refractivity contribution is -0.122. The topological polar surface area (TPSA) is 95.6 Å². The molecule has 0 spiro atoms. The molecular weight excluding hydrogens is 402 g/mol. The van der Waals surface area contributed by atoms with E-state index in [0.29, 0.717) is 12.2 Å². The molecule has 1 fully saturated rings. The molecule has 1 saturated heterocycles. The van der Waals surface area contributed by atoms with E-state index in [1.165, 1.54) is 12.1 Å². The molecule has 0 unspecified atom stereocenters. The second-order valence-electron chi connectivity index (χ2n) is 8.56. The number of amides is 2. The van der Waals surface area contributed by atoms with Crippen LogP contribution >= 0.6 is 0 Å². The molecule has 7 nitrogen and oxygen atoms in total. The van der Waals surface area contributed by atoms with Crippen molar-refractivity contribution in [3.8, 4) is 0 Å². The Bertz CT molecular complexity index is 1060. The second kappa shape index (κ2) is 8.20. The quantitative estimate of drug-likeness (QED) is 0.764. The number of sulfonamides is 1. The average Bonchev–Trinajstić information content (AvgIpc) is 3.02. The van der Waals surface area contributed by atoms with E-state index in [4.69, 9.17) is 0 Å². The predicted molar refractivity (Wildman–Crippen MR) is 117 cm³/mol. The lowest BCUT2D eigenvalue weighted by atomic mass is 10.1. The first-order chi connectivity index (χ1) is 14.0. The minimum atomic E-state index is -3.64. The monoisotopic (exact) mass is 429 g/mol. The van der Waals surface area contributed by atoms with Crippen molar-refractivity contribution in [1.82, 2.24) is 4.72 Å². The van der Waals surface area contributed by atoms with Gasteiger partial charge in [-0.2, -0.15) is 0 Å². The summed E-state index contributed by atoms with van der Waals surface area (Å²) in [5, 5.41) is 2.78. The third-order valence-corrected chi connectivity index (χ3v) is 6.55. The molecule has 1 heterocycles. The number of para-hydroxylation sites is 1. The molecule has 0 saturated carbocycles. The summed E-state index contributed by atoms with van der Waals surface area (Å²) in [5.41, 5.74) is 1.69. The molecule has 2 N–H and O–H groups in total. The molecule has 1 aliphatic rings. The van der Waals surface area contributed by atoms with E-state index in [0.717, 1.165) is 11.3 Å². The van der Waals surface area contributed by atoms with E-state index in [-0.39, 0.29) is 23.1 Å². The van der Waals surface area contributed by atoms with E-state index in [1.807, 2.05) is 31.2 Å². The van der Waals surface area contributed by atoms with Crippen molar-refractivity contribution < 1.29 is 18.0 Å². The fourth-order valence-corrected chi connectivity index (χ4v) is 4.82. The fourth-order valence-electron chi connectivity index (χ4n) is 3.41. The average molecular weight is 430 g/mol. The number of nitrogens with one attached hydrogen (secondary N) is 2. The number of rotatable bonds is 5. The third kappa shape index (κ3) is 5.06. The minimum Gasteiger partial charge on any atom is -0.326 e. The third-order valence-electron chi connectivity index (χ3n) is 4.77. The lowest BCUT2D eigenvalue weighted by Crippen LogP contribution is -2.40. The van der Waals surface area contributed by atoms with Crippen LogP contribution in [0.3, 0.4) is 0 Å². The van der Waals surface area contributed by atoms with Crippen LogP contribution < -0.4 is 14.9 Å². The molecule has 0 radical (unpaired) electrons. The summed E-state index contributed by atoms with van der Waals surface area (Å²) < 4.78 is 27.4. The van der Waals surface area contributed by atoms with E-state index in [9.17, 15) is 18.0 Å². The molecule has 3 rings (SSSR count). The van der Waals surface area contributed by atoms with Gasteiger partial charge in [0, 0.05) is 29.9 Å². The van der Waals surface area contributed by atoms with Crippen molar-refractivity contribution in [2.45, 2.75) is 44.6 Å². The smallest absolute Gasteiger partial charge is 0.241 e. The molecule has 0 aromatic heterocycles. The summed E-state index contributed by atoms with van der Waals surface area (Å²) in [6.07, 6.45) is 0.141. The Balaban J connectivity index is 1.67. The van der Waals surface area contributed by atoms with Crippen molar-refractivity contribution in [1.29, 1.82) is 0 Å². The van der Waals surface area contributed by atoms with Gasteiger partial charge in [-0.3, -0.25) is 9.59 Å². The summed E-state index contributed by atoms with van der Waals surface area (Å²) in [5.74, 6) is -0.815. The standard InChI is InChI=1S/C22H27N3O4S/c1-15-7-5-6-8-19(15)25-14-16(13-20(25)26)21(27)23-17-9-11-18(12-10-17)30(28,29)24-22(2,3)4/h5-12,16,24H,13-14H2,1-4H3,(H,23,27)/t16-/m0/s1. The number of anilines is 2. The Kier molecular flexibility index (Phi) is 6.01. The summed E-state index contributed by atoms with van der Waals surface area (Å²) in [6.45, 7) is 7.55. The predicted octanol–water partition coefficient (Wildman–Crippen LogP) is 3.06. The van der Waals surface area contributed by atoms with Gasteiger partial charge >= 0.3 is 0 Å². The first-order valence-electron chi connectivity index (χ1n) is 9.77. The Morgan fingerprint density at radius 2 is 1.70 bits per heavy atom. The zero-order valence-electron chi connectivity index (χ0n) is 17.6. The van der Waals surface area contributed by atoms with Crippen LogP contribution in [-0.2, 0) is 19.6 Å². The van der Waals surface area contributed by atoms with Gasteiger partial charge in [0.2, 0.25) is 21.8 Å². The number of aryl methyl sites for hydroxylation is 1. The lowest BCUT2D eigenvalue weighted by Gasteiger charge is -2.20. The number of benzene rings is 2. The van der Waals surface area contributed by atoms with Crippen molar-refractivity contribution >= 4 is 33.2 Å². The van der Waals surface area contributed by atoms with E-state index < -0.39 is 21.5 Å². The maximum absolute atomic E-state index is 12.7. The van der Waals surface area contributed by atoms with Gasteiger partial charge in [0.25, 0.3) is 0 Å². The highest BCUT2D eigenvalue weighted by Gasteiger charge is 2.35. The van der Waals surface area contributed by atoms with Gasteiger partial charge in [-0.15, -0.1) is 0 Å². The fraction of sp³-hybridized carbons (Fsp3) is 0.364. The van der Waals surface area contributed by atoms with Crippen LogP contribution in [0.15, 0.2) is 53.4 Å². The number of nitrogens with zero attached hydrogens (tertiary/aromatic N) is 1. The molecule has 1 aliphatic heterocycles. The Labute approximate surface area is 177 Å². The first kappa shape index (κ1) is 22.0. The maximum atomic E-state index is 12.7. The molecule has 1 atom stereocenters. The summed E-state index contributed by atoms with van der Waals surface area (Å²) >= 11 is 0. The Morgan fingerprint density at radius 3 is 2.30 bits per heavy atom. The van der Waals surface area contributed by atoms with E-state index in [1.54, 1.807) is 37.8 Å². The molecule has 8 heteroatoms. The molecular formula is C22H27N3O4S. The molecule has 160 valence electrons. The van der Waals surface area contributed by atoms with Crippen LogP contribution in [0.2, 0.25) is 0 Å². The van der Waals surface area contributed by atoms with E-state index in [2.05, 4.69) is 10.0 Å². The van der Waals surface area contributed by atoms with Gasteiger partial charge < -0.3 is 10.2 Å². The number of carbonyl (C=O) groups excluding carboxylic acids is 2. The van der Waals surface area contributed by atoms with Gasteiger partial charge in [0.15, 0.2) is 0 Å². The highest BCUT2D eigenvalue weighted by atomic mass is 32.2. The van der Waals surface area contributed by atoms with Gasteiger partial charge in [-0.05, 0) is 63.6 Å². The van der Waals surface area contributed by atoms with Crippen molar-refractivity contribution in [2.24, 2.45) is 5.92 Å². The normalized spacial score (nSPS) is 17.3. The van der Waals surface area contributed by atoms with Gasteiger partial charge in [-0.25, -0.2) is 13.1 Å². The SMILES string of the molecule is Cc1ccccc1N1C[C@@H](C(=O)Nc2ccc(S(=O)(=O)NC(C)(C)C)cc2)CC1=O. The van der Waals surface area contributed by atoms with Gasteiger partial charge in [0.05, 0.1) is 10.8 Å². The van der Waals surface area contributed by atoms with Crippen LogP contribution in [0, 0.1) is 12.8 Å². The van der Waals surface area contributed by atoms with Gasteiger partial charge in [0.1, 0.15) is 0 Å². The zero-order chi connectivity index (χ0) is 22.1. The number of hydrogen-bond donors (Lipinski definition) is 2. The largest absolute Gasteiger partial charge is 0.326 e. The summed E-state index contributed by atoms with van der Waals surface area (Å²) in [6, 6.07) is 13.6. The number of hydrogen-bond acceptors (Lipinski definition) is 4. The van der Waals surface area contributed by atoms with Crippen molar-refractivity contribution in [2.75, 3.05) is 16.8 Å². The molecule has 2 aromatic carbocycles. The molecule has 30 heavy (non-hydrogen) atoms. The molecule has 2 aromatic rings. The van der Waals surface area contributed by atoms with Crippen LogP contribution in [0.5, 0.6) is 0 Å². The summed E-state index contributed by atoms with van der Waals surface area (Å²) in [7, 11) is -3.64. The first-order valence-corrected chi connectivity index (χ1v) is 11.3. The van der Waals surface area contributed by atoms with Crippen LogP contribution in [0.4, 0.5) is 11.4 Å². The van der Waals surface area contributed by atoms with Gasteiger partial charge in [-0.1, -0.05) is 18.2 Å². The molecule has 0 bridgehead atoms. The van der Waals surface area contributed by atoms with Crippen LogP contribution in [0.25, 0.3) is 0 Å². The highest BCUT2D eigenvalue weighted by Crippen LogP contribution is 2.28. The maximum Gasteiger partial charge on any atom is 0.241 e. The van der Waals surface area contributed by atoms with Crippen LogP contribution in [-0.4, -0.2) is 32.3 Å². The summed E-state index contributed by atoms with van der Waals surface area (Å²) in [4.78, 5) is 26.9.